The summed E-state index contributed by atoms with van der Waals surface area (Å²) < 4.78 is 10.4. The van der Waals surface area contributed by atoms with Crippen LogP contribution in [0, 0.1) is 20.2 Å². The van der Waals surface area contributed by atoms with E-state index in [4.69, 9.17) is 9.47 Å². The van der Waals surface area contributed by atoms with Gasteiger partial charge in [-0.15, -0.1) is 0 Å². The fourth-order valence-electron chi connectivity index (χ4n) is 2.70. The summed E-state index contributed by atoms with van der Waals surface area (Å²) in [5.74, 6) is -2.24. The van der Waals surface area contributed by atoms with Gasteiger partial charge in [-0.05, 0) is 49.4 Å². The van der Waals surface area contributed by atoms with Gasteiger partial charge in [-0.2, -0.15) is 0 Å². The number of benzene rings is 3. The predicted molar refractivity (Wildman–Crippen MR) is 113 cm³/mol. The van der Waals surface area contributed by atoms with E-state index in [1.54, 1.807) is 0 Å². The molecular weight excluding hydrogens is 436 g/mol. The first-order valence-corrected chi connectivity index (χ1v) is 9.24. The summed E-state index contributed by atoms with van der Waals surface area (Å²) in [7, 11) is 0. The number of Topliss-reactive ketones (excluding diaryl/α,β-unsaturated/α-hetero) is 1. The molecule has 0 radical (unpaired) electrons. The lowest BCUT2D eigenvalue weighted by atomic mass is 10.1. The molecule has 0 saturated heterocycles. The highest BCUT2D eigenvalue weighted by atomic mass is 16.6. The summed E-state index contributed by atoms with van der Waals surface area (Å²) in [6.45, 7) is 1.22. The molecule has 0 bridgehead atoms. The van der Waals surface area contributed by atoms with Crippen LogP contribution in [0.4, 0.5) is 11.4 Å². The topological polar surface area (TPSA) is 156 Å². The fourth-order valence-corrected chi connectivity index (χ4v) is 2.70. The van der Waals surface area contributed by atoms with Crippen LogP contribution >= 0.6 is 0 Å². The van der Waals surface area contributed by atoms with Gasteiger partial charge in [0.25, 0.3) is 11.4 Å². The second-order valence-electron chi connectivity index (χ2n) is 6.60. The van der Waals surface area contributed by atoms with E-state index in [0.717, 1.165) is 24.3 Å². The summed E-state index contributed by atoms with van der Waals surface area (Å²) in [5, 5.41) is 21.4. The van der Waals surface area contributed by atoms with E-state index in [1.807, 2.05) is 0 Å². The minimum Gasteiger partial charge on any atom is -0.423 e. The monoisotopic (exact) mass is 450 g/mol. The smallest absolute Gasteiger partial charge is 0.343 e. The molecule has 0 N–H and O–H groups in total. The summed E-state index contributed by atoms with van der Waals surface area (Å²) in [4.78, 5) is 56.9. The second-order valence-corrected chi connectivity index (χ2v) is 6.60. The zero-order chi connectivity index (χ0) is 24.1. The standard InChI is InChI=1S/C22H14N2O9/c1-13(25)19-12-18(32-21(26)14-2-6-16(7-3-14)23(28)29)10-11-20(19)33-22(27)15-4-8-17(9-5-15)24(30)31/h2-12H,1H3. The van der Waals surface area contributed by atoms with Gasteiger partial charge in [0.05, 0.1) is 26.5 Å². The van der Waals surface area contributed by atoms with Gasteiger partial charge in [0.15, 0.2) is 5.78 Å². The number of carbonyl (C=O) groups excluding carboxylic acids is 3. The first kappa shape index (κ1) is 22.7. The minimum atomic E-state index is -0.844. The average molecular weight is 450 g/mol. The molecule has 0 aliphatic carbocycles. The van der Waals surface area contributed by atoms with Crippen molar-refractivity contribution in [1.29, 1.82) is 0 Å². The van der Waals surface area contributed by atoms with Crippen LogP contribution in [0.1, 0.15) is 38.0 Å². The van der Waals surface area contributed by atoms with Crippen molar-refractivity contribution in [3.8, 4) is 11.5 Å². The van der Waals surface area contributed by atoms with Crippen molar-refractivity contribution in [2.75, 3.05) is 0 Å². The number of ketones is 1. The van der Waals surface area contributed by atoms with Crippen LogP contribution in [-0.4, -0.2) is 27.6 Å². The Balaban J connectivity index is 1.77. The third kappa shape index (κ3) is 5.41. The molecule has 0 saturated carbocycles. The lowest BCUT2D eigenvalue weighted by Gasteiger charge is -2.11. The van der Waals surface area contributed by atoms with Gasteiger partial charge < -0.3 is 9.47 Å². The Morgan fingerprint density at radius 2 is 1.15 bits per heavy atom. The molecule has 33 heavy (non-hydrogen) atoms. The van der Waals surface area contributed by atoms with Crippen molar-refractivity contribution in [2.45, 2.75) is 6.92 Å². The zero-order valence-corrected chi connectivity index (χ0v) is 16.9. The van der Waals surface area contributed by atoms with Crippen LogP contribution in [0.25, 0.3) is 0 Å². The molecule has 0 aliphatic heterocycles. The number of non-ortho nitro benzene ring substituents is 2. The molecule has 0 amide bonds. The normalized spacial score (nSPS) is 10.2. The molecule has 0 atom stereocenters. The second kappa shape index (κ2) is 9.47. The lowest BCUT2D eigenvalue weighted by molar-refractivity contribution is -0.385. The van der Waals surface area contributed by atoms with Gasteiger partial charge in [0.1, 0.15) is 11.5 Å². The zero-order valence-electron chi connectivity index (χ0n) is 16.9. The number of hydrogen-bond donors (Lipinski definition) is 0. The molecule has 0 aliphatic rings. The third-order valence-electron chi connectivity index (χ3n) is 4.37. The number of nitro groups is 2. The van der Waals surface area contributed by atoms with Crippen molar-refractivity contribution >= 4 is 29.1 Å². The Hall–Kier alpha value is -4.93. The highest BCUT2D eigenvalue weighted by molar-refractivity contribution is 6.00. The first-order valence-electron chi connectivity index (χ1n) is 9.24. The van der Waals surface area contributed by atoms with E-state index < -0.39 is 27.6 Å². The number of ether oxygens (including phenoxy) is 2. The molecule has 3 aromatic rings. The van der Waals surface area contributed by atoms with E-state index in [1.165, 1.54) is 49.4 Å². The molecule has 3 aromatic carbocycles. The molecule has 11 heteroatoms. The lowest BCUT2D eigenvalue weighted by Crippen LogP contribution is -2.12. The first-order chi connectivity index (χ1) is 15.7. The summed E-state index contributed by atoms with van der Waals surface area (Å²) in [5.41, 5.74) is -0.346. The van der Waals surface area contributed by atoms with Crippen molar-refractivity contribution in [3.63, 3.8) is 0 Å². The number of nitro benzene ring substituents is 2. The highest BCUT2D eigenvalue weighted by Gasteiger charge is 2.18. The van der Waals surface area contributed by atoms with E-state index >= 15 is 0 Å². The molecule has 166 valence electrons. The van der Waals surface area contributed by atoms with Crippen LogP contribution < -0.4 is 9.47 Å². The molecular formula is C22H14N2O9. The Morgan fingerprint density at radius 3 is 1.58 bits per heavy atom. The number of esters is 2. The Labute approximate surface area is 185 Å². The van der Waals surface area contributed by atoms with Crippen molar-refractivity contribution in [2.24, 2.45) is 0 Å². The molecule has 0 spiro atoms. The largest absolute Gasteiger partial charge is 0.423 e. The summed E-state index contributed by atoms with van der Waals surface area (Å²) in [6, 6.07) is 13.3. The molecule has 0 aromatic heterocycles. The fraction of sp³-hybridized carbons (Fsp3) is 0.0455. The van der Waals surface area contributed by atoms with Gasteiger partial charge in [-0.25, -0.2) is 9.59 Å². The molecule has 0 heterocycles. The van der Waals surface area contributed by atoms with Gasteiger partial charge in [0.2, 0.25) is 0 Å². The average Bonchev–Trinajstić information content (AvgIpc) is 2.79. The van der Waals surface area contributed by atoms with E-state index in [2.05, 4.69) is 0 Å². The summed E-state index contributed by atoms with van der Waals surface area (Å²) in [6.07, 6.45) is 0. The Kier molecular flexibility index (Phi) is 6.53. The predicted octanol–water partition coefficient (Wildman–Crippen LogP) is 4.14. The number of carbonyl (C=O) groups is 3. The van der Waals surface area contributed by atoms with Crippen LogP contribution in [-0.2, 0) is 0 Å². The van der Waals surface area contributed by atoms with Gasteiger partial charge in [-0.3, -0.25) is 25.0 Å². The summed E-state index contributed by atoms with van der Waals surface area (Å²) >= 11 is 0. The molecule has 0 unspecified atom stereocenters. The maximum atomic E-state index is 12.4. The Bertz CT molecular complexity index is 1270. The van der Waals surface area contributed by atoms with Crippen LogP contribution in [0.5, 0.6) is 11.5 Å². The highest BCUT2D eigenvalue weighted by Crippen LogP contribution is 2.27. The van der Waals surface area contributed by atoms with Gasteiger partial charge >= 0.3 is 11.9 Å². The van der Waals surface area contributed by atoms with Crippen molar-refractivity contribution in [3.05, 3.63) is 104 Å². The van der Waals surface area contributed by atoms with E-state index in [0.29, 0.717) is 0 Å². The van der Waals surface area contributed by atoms with Crippen LogP contribution in [0.2, 0.25) is 0 Å². The van der Waals surface area contributed by atoms with Crippen molar-refractivity contribution in [1.82, 2.24) is 0 Å². The minimum absolute atomic E-state index is 0.0151. The molecule has 11 nitrogen and oxygen atoms in total. The van der Waals surface area contributed by atoms with Crippen LogP contribution in [0.3, 0.4) is 0 Å². The number of rotatable bonds is 7. The molecule has 0 fully saturated rings. The van der Waals surface area contributed by atoms with E-state index in [-0.39, 0.29) is 39.6 Å². The number of hydrogen-bond acceptors (Lipinski definition) is 9. The van der Waals surface area contributed by atoms with Crippen LogP contribution in [0.15, 0.2) is 66.7 Å². The van der Waals surface area contributed by atoms with Crippen molar-refractivity contribution < 1.29 is 33.7 Å². The van der Waals surface area contributed by atoms with Gasteiger partial charge in [-0.1, -0.05) is 0 Å². The molecule has 3 rings (SSSR count). The maximum Gasteiger partial charge on any atom is 0.343 e. The van der Waals surface area contributed by atoms with Gasteiger partial charge in [0, 0.05) is 24.3 Å². The maximum absolute atomic E-state index is 12.4. The quantitative estimate of drug-likeness (QED) is 0.170. The third-order valence-corrected chi connectivity index (χ3v) is 4.37. The number of nitrogens with zero attached hydrogens (tertiary/aromatic N) is 2. The van der Waals surface area contributed by atoms with E-state index in [9.17, 15) is 34.6 Å². The SMILES string of the molecule is CC(=O)c1cc(OC(=O)c2ccc([N+](=O)[O-])cc2)ccc1OC(=O)c1ccc([N+](=O)[O-])cc1. The Morgan fingerprint density at radius 1 is 0.697 bits per heavy atom.